The van der Waals surface area contributed by atoms with E-state index in [0.29, 0.717) is 18.7 Å². The van der Waals surface area contributed by atoms with Gasteiger partial charge in [-0.05, 0) is 36.2 Å². The average Bonchev–Trinajstić information content (AvgIpc) is 2.99. The SMILES string of the molecule is COc1ccc(CN2CCCN(C(=O)c3cc4ccccc4oc3=O)CC2)cc1. The molecule has 1 fully saturated rings. The fourth-order valence-corrected chi connectivity index (χ4v) is 3.70. The van der Waals surface area contributed by atoms with Crippen LogP contribution >= 0.6 is 0 Å². The lowest BCUT2D eigenvalue weighted by Gasteiger charge is -2.22. The topological polar surface area (TPSA) is 63.0 Å². The summed E-state index contributed by atoms with van der Waals surface area (Å²) in [6.07, 6.45) is 0.862. The van der Waals surface area contributed by atoms with Crippen LogP contribution in [0.15, 0.2) is 63.8 Å². The molecular weight excluding hydrogens is 368 g/mol. The molecule has 150 valence electrons. The van der Waals surface area contributed by atoms with E-state index in [2.05, 4.69) is 17.0 Å². The Labute approximate surface area is 169 Å². The molecule has 0 spiro atoms. The molecule has 1 aliphatic heterocycles. The van der Waals surface area contributed by atoms with E-state index in [1.165, 1.54) is 5.56 Å². The van der Waals surface area contributed by atoms with Gasteiger partial charge in [0.25, 0.3) is 5.91 Å². The van der Waals surface area contributed by atoms with Crippen molar-refractivity contribution in [2.45, 2.75) is 13.0 Å². The van der Waals surface area contributed by atoms with Gasteiger partial charge in [-0.3, -0.25) is 9.69 Å². The minimum Gasteiger partial charge on any atom is -0.497 e. The highest BCUT2D eigenvalue weighted by Gasteiger charge is 2.23. The average molecular weight is 392 g/mol. The van der Waals surface area contributed by atoms with Crippen molar-refractivity contribution >= 4 is 16.9 Å². The Bertz CT molecular complexity index is 1060. The zero-order chi connectivity index (χ0) is 20.2. The second-order valence-corrected chi connectivity index (χ2v) is 7.26. The van der Waals surface area contributed by atoms with Gasteiger partial charge in [-0.15, -0.1) is 0 Å². The van der Waals surface area contributed by atoms with Crippen LogP contribution in [-0.2, 0) is 6.54 Å². The Balaban J connectivity index is 1.44. The van der Waals surface area contributed by atoms with Crippen LogP contribution in [0.4, 0.5) is 0 Å². The maximum Gasteiger partial charge on any atom is 0.349 e. The molecule has 0 aliphatic carbocycles. The molecule has 1 aromatic heterocycles. The van der Waals surface area contributed by atoms with Crippen LogP contribution in [-0.4, -0.2) is 49.0 Å². The summed E-state index contributed by atoms with van der Waals surface area (Å²) < 4.78 is 10.5. The number of rotatable bonds is 4. The van der Waals surface area contributed by atoms with E-state index < -0.39 is 5.63 Å². The first-order valence-electron chi connectivity index (χ1n) is 9.81. The second kappa shape index (κ2) is 8.49. The molecule has 0 radical (unpaired) electrons. The van der Waals surface area contributed by atoms with Crippen molar-refractivity contribution in [1.82, 2.24) is 9.80 Å². The number of methoxy groups -OCH3 is 1. The van der Waals surface area contributed by atoms with Crippen LogP contribution in [0, 0.1) is 0 Å². The van der Waals surface area contributed by atoms with Crippen molar-refractivity contribution in [1.29, 1.82) is 0 Å². The van der Waals surface area contributed by atoms with Gasteiger partial charge >= 0.3 is 5.63 Å². The van der Waals surface area contributed by atoms with Crippen molar-refractivity contribution in [3.05, 3.63) is 76.1 Å². The minimum absolute atomic E-state index is 0.104. The molecule has 2 aromatic carbocycles. The molecule has 0 N–H and O–H groups in total. The van der Waals surface area contributed by atoms with Gasteiger partial charge in [0.1, 0.15) is 16.9 Å². The lowest BCUT2D eigenvalue weighted by atomic mass is 10.1. The largest absolute Gasteiger partial charge is 0.497 e. The molecule has 6 heteroatoms. The highest BCUT2D eigenvalue weighted by Crippen LogP contribution is 2.17. The number of amides is 1. The summed E-state index contributed by atoms with van der Waals surface area (Å²) in [6, 6.07) is 16.9. The smallest absolute Gasteiger partial charge is 0.349 e. The lowest BCUT2D eigenvalue weighted by molar-refractivity contribution is 0.0757. The van der Waals surface area contributed by atoms with Crippen molar-refractivity contribution in [3.63, 3.8) is 0 Å². The summed E-state index contributed by atoms with van der Waals surface area (Å²) in [4.78, 5) is 29.4. The molecule has 1 amide bonds. The Morgan fingerprint density at radius 1 is 1.03 bits per heavy atom. The Kier molecular flexibility index (Phi) is 5.62. The normalized spacial score (nSPS) is 15.3. The minimum atomic E-state index is -0.576. The van der Waals surface area contributed by atoms with Crippen molar-refractivity contribution in [2.24, 2.45) is 0 Å². The summed E-state index contributed by atoms with van der Waals surface area (Å²) >= 11 is 0. The maximum atomic E-state index is 13.0. The molecule has 29 heavy (non-hydrogen) atoms. The number of nitrogens with zero attached hydrogens (tertiary/aromatic N) is 2. The number of carbonyl (C=O) groups excluding carboxylic acids is 1. The number of hydrogen-bond acceptors (Lipinski definition) is 5. The van der Waals surface area contributed by atoms with Crippen molar-refractivity contribution in [2.75, 3.05) is 33.3 Å². The van der Waals surface area contributed by atoms with Gasteiger partial charge in [0.05, 0.1) is 7.11 Å². The third-order valence-corrected chi connectivity index (χ3v) is 5.31. The first kappa shape index (κ1) is 19.2. The van der Waals surface area contributed by atoms with Gasteiger partial charge in [-0.25, -0.2) is 4.79 Å². The van der Waals surface area contributed by atoms with Crippen molar-refractivity contribution in [3.8, 4) is 5.75 Å². The van der Waals surface area contributed by atoms with Crippen LogP contribution < -0.4 is 10.4 Å². The van der Waals surface area contributed by atoms with Crippen LogP contribution in [0.2, 0.25) is 0 Å². The van der Waals surface area contributed by atoms with E-state index in [4.69, 9.17) is 9.15 Å². The number of benzene rings is 2. The first-order chi connectivity index (χ1) is 14.1. The Morgan fingerprint density at radius 3 is 2.62 bits per heavy atom. The molecule has 4 rings (SSSR count). The molecule has 0 unspecified atom stereocenters. The van der Waals surface area contributed by atoms with E-state index in [0.717, 1.165) is 37.2 Å². The standard InChI is InChI=1S/C23H24N2O4/c1-28-19-9-7-17(8-10-19)16-24-11-4-12-25(14-13-24)22(26)20-15-18-5-2-3-6-21(18)29-23(20)27/h2-3,5-10,15H,4,11-14,16H2,1H3. The predicted octanol–water partition coefficient (Wildman–Crippen LogP) is 3.15. The molecule has 1 aliphatic rings. The van der Waals surface area contributed by atoms with E-state index >= 15 is 0 Å². The molecule has 0 bridgehead atoms. The van der Waals surface area contributed by atoms with Gasteiger partial charge in [-0.2, -0.15) is 0 Å². The third kappa shape index (κ3) is 4.32. The van der Waals surface area contributed by atoms with E-state index in [9.17, 15) is 9.59 Å². The van der Waals surface area contributed by atoms with Crippen LogP contribution in [0.3, 0.4) is 0 Å². The molecule has 3 aromatic rings. The number of para-hydroxylation sites is 1. The molecular formula is C23H24N2O4. The highest BCUT2D eigenvalue weighted by atomic mass is 16.5. The summed E-state index contributed by atoms with van der Waals surface area (Å²) in [6.45, 7) is 3.70. The molecule has 6 nitrogen and oxygen atoms in total. The van der Waals surface area contributed by atoms with Crippen LogP contribution in [0.25, 0.3) is 11.0 Å². The third-order valence-electron chi connectivity index (χ3n) is 5.31. The van der Waals surface area contributed by atoms with Crippen LogP contribution in [0.1, 0.15) is 22.3 Å². The van der Waals surface area contributed by atoms with E-state index in [1.54, 1.807) is 30.2 Å². The molecule has 0 saturated carbocycles. The fourth-order valence-electron chi connectivity index (χ4n) is 3.70. The summed E-state index contributed by atoms with van der Waals surface area (Å²) in [5, 5.41) is 0.756. The first-order valence-corrected chi connectivity index (χ1v) is 9.81. The lowest BCUT2D eigenvalue weighted by Crippen LogP contribution is -2.37. The number of hydrogen-bond donors (Lipinski definition) is 0. The van der Waals surface area contributed by atoms with Gasteiger partial charge in [0.15, 0.2) is 0 Å². The quantitative estimate of drug-likeness (QED) is 0.639. The number of ether oxygens (including phenoxy) is 1. The molecule has 1 saturated heterocycles. The van der Waals surface area contributed by atoms with Crippen molar-refractivity contribution < 1.29 is 13.9 Å². The number of carbonyl (C=O) groups is 1. The second-order valence-electron chi connectivity index (χ2n) is 7.26. The highest BCUT2D eigenvalue weighted by molar-refractivity contribution is 5.96. The zero-order valence-electron chi connectivity index (χ0n) is 16.5. The van der Waals surface area contributed by atoms with Gasteiger partial charge < -0.3 is 14.1 Å². The Morgan fingerprint density at radius 2 is 1.83 bits per heavy atom. The summed E-state index contributed by atoms with van der Waals surface area (Å²) in [7, 11) is 1.66. The van der Waals surface area contributed by atoms with Gasteiger partial charge in [0, 0.05) is 38.1 Å². The van der Waals surface area contributed by atoms with E-state index in [1.807, 2.05) is 24.3 Å². The predicted molar refractivity (Wildman–Crippen MR) is 111 cm³/mol. The molecule has 0 atom stereocenters. The monoisotopic (exact) mass is 392 g/mol. The van der Waals surface area contributed by atoms with Gasteiger partial charge in [-0.1, -0.05) is 30.3 Å². The zero-order valence-corrected chi connectivity index (χ0v) is 16.5. The Hall–Kier alpha value is -3.12. The number of fused-ring (bicyclic) bond motifs is 1. The molecule has 2 heterocycles. The van der Waals surface area contributed by atoms with Crippen LogP contribution in [0.5, 0.6) is 5.75 Å². The maximum absolute atomic E-state index is 13.0. The summed E-state index contributed by atoms with van der Waals surface area (Å²) in [5.41, 5.74) is 1.23. The fraction of sp³-hybridized carbons (Fsp3) is 0.304. The summed E-state index contributed by atoms with van der Waals surface area (Å²) in [5.74, 6) is 0.589. The van der Waals surface area contributed by atoms with E-state index in [-0.39, 0.29) is 11.5 Å². The van der Waals surface area contributed by atoms with Gasteiger partial charge in [0.2, 0.25) is 0 Å².